The maximum Gasteiger partial charge on any atom is 0.215 e. The van der Waals surface area contributed by atoms with Gasteiger partial charge < -0.3 is 5.11 Å². The Bertz CT molecular complexity index is 590. The number of benzene rings is 1. The molecule has 2 atom stereocenters. The summed E-state index contributed by atoms with van der Waals surface area (Å²) in [6.07, 6.45) is 1.99. The fourth-order valence-corrected chi connectivity index (χ4v) is 3.65. The molecule has 0 spiro atoms. The van der Waals surface area contributed by atoms with Gasteiger partial charge >= 0.3 is 0 Å². The lowest BCUT2D eigenvalue weighted by molar-refractivity contribution is 0.178. The van der Waals surface area contributed by atoms with Gasteiger partial charge in [-0.25, -0.2) is 13.1 Å². The molecule has 2 rings (SSSR count). The van der Waals surface area contributed by atoms with E-state index in [9.17, 15) is 13.5 Å². The summed E-state index contributed by atoms with van der Waals surface area (Å²) in [6, 6.07) is 8.51. The van der Waals surface area contributed by atoms with Crippen molar-refractivity contribution in [1.29, 1.82) is 5.26 Å². The first-order valence-electron chi connectivity index (χ1n) is 6.63. The predicted molar refractivity (Wildman–Crippen MR) is 75.1 cm³/mol. The standard InChI is InChI=1S/C14H18N2O3S/c15-8-11-1-3-12(4-2-11)10-20(18,19)16-9-13-5-6-14(17)7-13/h1-4,13-14,16-17H,5-7,9-10H2. The van der Waals surface area contributed by atoms with E-state index in [0.29, 0.717) is 24.1 Å². The van der Waals surface area contributed by atoms with Crippen LogP contribution >= 0.6 is 0 Å². The molecule has 1 fully saturated rings. The van der Waals surface area contributed by atoms with E-state index in [-0.39, 0.29) is 17.8 Å². The summed E-state index contributed by atoms with van der Waals surface area (Å²) in [5.41, 5.74) is 1.17. The minimum absolute atomic E-state index is 0.0893. The lowest BCUT2D eigenvalue weighted by Gasteiger charge is -2.11. The molecule has 1 aliphatic rings. The molecule has 1 aromatic rings. The molecule has 1 aliphatic carbocycles. The number of hydrogen-bond donors (Lipinski definition) is 2. The van der Waals surface area contributed by atoms with E-state index in [1.165, 1.54) is 0 Å². The van der Waals surface area contributed by atoms with Crippen LogP contribution in [0, 0.1) is 17.2 Å². The minimum atomic E-state index is -3.37. The van der Waals surface area contributed by atoms with Crippen molar-refractivity contribution < 1.29 is 13.5 Å². The van der Waals surface area contributed by atoms with E-state index >= 15 is 0 Å². The zero-order chi connectivity index (χ0) is 14.6. The lowest BCUT2D eigenvalue weighted by Crippen LogP contribution is -2.29. The second-order valence-corrected chi connectivity index (χ2v) is 7.06. The molecule has 0 saturated heterocycles. The van der Waals surface area contributed by atoms with Crippen molar-refractivity contribution >= 4 is 10.0 Å². The first-order valence-corrected chi connectivity index (χ1v) is 8.28. The van der Waals surface area contributed by atoms with Gasteiger partial charge in [-0.05, 0) is 42.9 Å². The largest absolute Gasteiger partial charge is 0.393 e. The maximum absolute atomic E-state index is 12.0. The number of nitrogens with zero attached hydrogens (tertiary/aromatic N) is 1. The van der Waals surface area contributed by atoms with Gasteiger partial charge in [-0.3, -0.25) is 0 Å². The van der Waals surface area contributed by atoms with Crippen LogP contribution in [-0.4, -0.2) is 26.2 Å². The Morgan fingerprint density at radius 1 is 1.30 bits per heavy atom. The van der Waals surface area contributed by atoms with Crippen molar-refractivity contribution in [3.63, 3.8) is 0 Å². The van der Waals surface area contributed by atoms with Crippen LogP contribution in [0.4, 0.5) is 0 Å². The third-order valence-corrected chi connectivity index (χ3v) is 4.87. The van der Waals surface area contributed by atoms with Crippen LogP contribution < -0.4 is 4.72 Å². The summed E-state index contributed by atoms with van der Waals surface area (Å²) in [5.74, 6) is 0.134. The Kier molecular flexibility index (Phi) is 4.76. The van der Waals surface area contributed by atoms with Crippen molar-refractivity contribution in [1.82, 2.24) is 4.72 Å². The highest BCUT2D eigenvalue weighted by Crippen LogP contribution is 2.24. The summed E-state index contributed by atoms with van der Waals surface area (Å²) >= 11 is 0. The van der Waals surface area contributed by atoms with E-state index in [1.54, 1.807) is 24.3 Å². The molecular weight excluding hydrogens is 276 g/mol. The highest BCUT2D eigenvalue weighted by Gasteiger charge is 2.24. The van der Waals surface area contributed by atoms with Gasteiger partial charge in [-0.15, -0.1) is 0 Å². The third kappa shape index (κ3) is 4.30. The summed E-state index contributed by atoms with van der Waals surface area (Å²) < 4.78 is 26.5. The molecule has 0 amide bonds. The molecule has 0 bridgehead atoms. The fraction of sp³-hybridized carbons (Fsp3) is 0.500. The van der Waals surface area contributed by atoms with Crippen LogP contribution in [0.1, 0.15) is 30.4 Å². The Labute approximate surface area is 119 Å². The van der Waals surface area contributed by atoms with Crippen LogP contribution in [0.5, 0.6) is 0 Å². The summed E-state index contributed by atoms with van der Waals surface area (Å²) in [7, 11) is -3.37. The Morgan fingerprint density at radius 2 is 2.00 bits per heavy atom. The second-order valence-electron chi connectivity index (χ2n) is 5.25. The smallest absolute Gasteiger partial charge is 0.215 e. The average molecular weight is 294 g/mol. The lowest BCUT2D eigenvalue weighted by atomic mass is 10.1. The van der Waals surface area contributed by atoms with E-state index in [2.05, 4.69) is 4.72 Å². The van der Waals surface area contributed by atoms with Gasteiger partial charge in [-0.2, -0.15) is 5.26 Å². The molecule has 0 aromatic heterocycles. The molecule has 0 aliphatic heterocycles. The van der Waals surface area contributed by atoms with E-state index in [4.69, 9.17) is 5.26 Å². The van der Waals surface area contributed by atoms with Gasteiger partial charge in [0.1, 0.15) is 0 Å². The van der Waals surface area contributed by atoms with Gasteiger partial charge in [0.15, 0.2) is 0 Å². The van der Waals surface area contributed by atoms with Gasteiger partial charge in [0, 0.05) is 6.54 Å². The van der Waals surface area contributed by atoms with Crippen LogP contribution in [0.3, 0.4) is 0 Å². The van der Waals surface area contributed by atoms with Crippen LogP contribution in [-0.2, 0) is 15.8 Å². The van der Waals surface area contributed by atoms with E-state index in [0.717, 1.165) is 12.8 Å². The van der Waals surface area contributed by atoms with Crippen molar-refractivity contribution in [2.45, 2.75) is 31.1 Å². The molecule has 1 aromatic carbocycles. The molecule has 108 valence electrons. The zero-order valence-corrected chi connectivity index (χ0v) is 11.9. The topological polar surface area (TPSA) is 90.2 Å². The normalized spacial score (nSPS) is 22.6. The number of aliphatic hydroxyl groups is 1. The molecule has 6 heteroatoms. The second kappa shape index (κ2) is 6.35. The summed E-state index contributed by atoms with van der Waals surface area (Å²) in [5, 5.41) is 18.1. The Hall–Kier alpha value is -1.42. The molecule has 5 nitrogen and oxygen atoms in total. The average Bonchev–Trinajstić information content (AvgIpc) is 2.83. The quantitative estimate of drug-likeness (QED) is 0.852. The van der Waals surface area contributed by atoms with Crippen LogP contribution in [0.25, 0.3) is 0 Å². The van der Waals surface area contributed by atoms with Crippen LogP contribution in [0.15, 0.2) is 24.3 Å². The summed E-state index contributed by atoms with van der Waals surface area (Å²) in [6.45, 7) is 0.385. The monoisotopic (exact) mass is 294 g/mol. The van der Waals surface area contributed by atoms with Gasteiger partial charge in [0.25, 0.3) is 0 Å². The highest BCUT2D eigenvalue weighted by atomic mass is 32.2. The molecule has 2 N–H and O–H groups in total. The first-order chi connectivity index (χ1) is 9.48. The molecule has 0 heterocycles. The number of hydrogen-bond acceptors (Lipinski definition) is 4. The molecule has 0 radical (unpaired) electrons. The van der Waals surface area contributed by atoms with Gasteiger partial charge in [-0.1, -0.05) is 12.1 Å². The van der Waals surface area contributed by atoms with Crippen molar-refractivity contribution in [3.05, 3.63) is 35.4 Å². The van der Waals surface area contributed by atoms with Crippen molar-refractivity contribution in [2.24, 2.45) is 5.92 Å². The number of sulfonamides is 1. The van der Waals surface area contributed by atoms with Crippen molar-refractivity contribution in [3.8, 4) is 6.07 Å². The third-order valence-electron chi connectivity index (χ3n) is 3.55. The number of nitriles is 1. The molecule has 1 saturated carbocycles. The Balaban J connectivity index is 1.88. The van der Waals surface area contributed by atoms with Gasteiger partial charge in [0.05, 0.1) is 23.5 Å². The molecule has 20 heavy (non-hydrogen) atoms. The predicted octanol–water partition coefficient (Wildman–Crippen LogP) is 1.14. The van der Waals surface area contributed by atoms with E-state index in [1.807, 2.05) is 6.07 Å². The zero-order valence-electron chi connectivity index (χ0n) is 11.1. The van der Waals surface area contributed by atoms with Gasteiger partial charge in [0.2, 0.25) is 10.0 Å². The summed E-state index contributed by atoms with van der Waals surface area (Å²) in [4.78, 5) is 0. The fourth-order valence-electron chi connectivity index (χ4n) is 2.42. The number of nitrogens with one attached hydrogen (secondary N) is 1. The maximum atomic E-state index is 12.0. The Morgan fingerprint density at radius 3 is 2.55 bits per heavy atom. The first kappa shape index (κ1) is 15.0. The van der Waals surface area contributed by atoms with Crippen LogP contribution in [0.2, 0.25) is 0 Å². The SMILES string of the molecule is N#Cc1ccc(CS(=O)(=O)NCC2CCC(O)C2)cc1. The van der Waals surface area contributed by atoms with Crippen molar-refractivity contribution in [2.75, 3.05) is 6.54 Å². The highest BCUT2D eigenvalue weighted by molar-refractivity contribution is 7.88. The minimum Gasteiger partial charge on any atom is -0.393 e. The number of rotatable bonds is 5. The van der Waals surface area contributed by atoms with E-state index < -0.39 is 10.0 Å². The molecule has 2 unspecified atom stereocenters. The molecular formula is C14H18N2O3S. The number of aliphatic hydroxyl groups excluding tert-OH is 1.